The van der Waals surface area contributed by atoms with E-state index in [1.54, 1.807) is 6.92 Å². The summed E-state index contributed by atoms with van der Waals surface area (Å²) in [5.74, 6) is -0.00130. The summed E-state index contributed by atoms with van der Waals surface area (Å²) in [5.41, 5.74) is 5.22. The summed E-state index contributed by atoms with van der Waals surface area (Å²) in [5, 5.41) is 6.17. The number of ether oxygens (including phenoxy) is 1. The molecule has 2 N–H and O–H groups in total. The highest BCUT2D eigenvalue weighted by atomic mass is 16.6. The Bertz CT molecular complexity index is 924. The van der Waals surface area contributed by atoms with Gasteiger partial charge in [0.25, 0.3) is 0 Å². The van der Waals surface area contributed by atoms with Gasteiger partial charge in [-0.05, 0) is 81.6 Å². The maximum Gasteiger partial charge on any atom is 0.407 e. The number of fused-ring (bicyclic) bond motifs is 1. The zero-order valence-electron chi connectivity index (χ0n) is 19.1. The Morgan fingerprint density at radius 3 is 2.42 bits per heavy atom. The highest BCUT2D eigenvalue weighted by molar-refractivity contribution is 5.94. The van der Waals surface area contributed by atoms with Gasteiger partial charge in [-0.3, -0.25) is 4.79 Å². The van der Waals surface area contributed by atoms with Crippen molar-refractivity contribution in [3.63, 3.8) is 0 Å². The van der Waals surface area contributed by atoms with E-state index in [0.29, 0.717) is 6.42 Å². The summed E-state index contributed by atoms with van der Waals surface area (Å²) in [6.45, 7) is 8.18. The lowest BCUT2D eigenvalue weighted by atomic mass is 9.89. The van der Waals surface area contributed by atoms with Gasteiger partial charge >= 0.3 is 6.09 Å². The first-order chi connectivity index (χ1) is 14.8. The van der Waals surface area contributed by atoms with Gasteiger partial charge < -0.3 is 20.3 Å². The molecule has 3 rings (SSSR count). The van der Waals surface area contributed by atoms with Crippen molar-refractivity contribution in [2.24, 2.45) is 0 Å². The van der Waals surface area contributed by atoms with Gasteiger partial charge in [-0.1, -0.05) is 30.3 Å². The number of hydrogen-bond acceptors (Lipinski definition) is 4. The number of carbonyl (C=O) groups excluding carboxylic acids is 2. The van der Waals surface area contributed by atoms with E-state index in [-0.39, 0.29) is 24.1 Å². The van der Waals surface area contributed by atoms with Crippen LogP contribution in [0, 0.1) is 0 Å². The number of benzene rings is 2. The second kappa shape index (κ2) is 9.96. The lowest BCUT2D eigenvalue weighted by Crippen LogP contribution is -2.45. The molecule has 0 aromatic heterocycles. The fourth-order valence-corrected chi connectivity index (χ4v) is 4.18. The standard InChI is InChI=1S/C25H33N3O3/c1-16(2)31-25(30)27-23-14-17(3)28(18(4)29)24-11-10-21(15-22(23)24)20-8-6-19(7-9-20)12-13-26-5/h6-11,15-17,23,26H,12-14H2,1-5H3,(H,27,30)/t17-,23+/m0/s1. The number of likely N-dealkylation sites (N-methyl/N-ethyl adjacent to an activating group) is 1. The summed E-state index contributed by atoms with van der Waals surface area (Å²) >= 11 is 0. The summed E-state index contributed by atoms with van der Waals surface area (Å²) in [6, 6.07) is 14.4. The van der Waals surface area contributed by atoms with E-state index in [0.717, 1.165) is 35.3 Å². The lowest BCUT2D eigenvalue weighted by Gasteiger charge is -2.39. The van der Waals surface area contributed by atoms with Gasteiger partial charge in [0.05, 0.1) is 12.1 Å². The van der Waals surface area contributed by atoms with Gasteiger partial charge in [-0.15, -0.1) is 0 Å². The second-order valence-electron chi connectivity index (χ2n) is 8.45. The molecule has 166 valence electrons. The molecule has 2 aromatic rings. The number of nitrogens with zero attached hydrogens (tertiary/aromatic N) is 1. The van der Waals surface area contributed by atoms with E-state index in [1.807, 2.05) is 44.9 Å². The smallest absolute Gasteiger partial charge is 0.407 e. The number of carbonyl (C=O) groups is 2. The van der Waals surface area contributed by atoms with Gasteiger partial charge in [0, 0.05) is 18.7 Å². The molecule has 2 atom stereocenters. The molecule has 6 nitrogen and oxygen atoms in total. The third kappa shape index (κ3) is 5.44. The molecule has 0 bridgehead atoms. The van der Waals surface area contributed by atoms with Crippen LogP contribution >= 0.6 is 0 Å². The van der Waals surface area contributed by atoms with Gasteiger partial charge in [0.1, 0.15) is 0 Å². The number of hydrogen-bond donors (Lipinski definition) is 2. The first kappa shape index (κ1) is 22.8. The molecule has 0 radical (unpaired) electrons. The minimum absolute atomic E-state index is 0.00130. The molecule has 0 unspecified atom stereocenters. The molecular formula is C25H33N3O3. The lowest BCUT2D eigenvalue weighted by molar-refractivity contribution is -0.117. The van der Waals surface area contributed by atoms with Crippen molar-refractivity contribution in [3.8, 4) is 11.1 Å². The zero-order valence-corrected chi connectivity index (χ0v) is 19.1. The average molecular weight is 424 g/mol. The number of rotatable bonds is 6. The largest absolute Gasteiger partial charge is 0.447 e. The van der Waals surface area contributed by atoms with Crippen LogP contribution in [0.25, 0.3) is 11.1 Å². The molecule has 0 aliphatic carbocycles. The molecule has 0 saturated heterocycles. The summed E-state index contributed by atoms with van der Waals surface area (Å²) < 4.78 is 5.30. The molecule has 6 heteroatoms. The predicted octanol–water partition coefficient (Wildman–Crippen LogP) is 4.44. The minimum Gasteiger partial charge on any atom is -0.447 e. The molecule has 1 heterocycles. The third-order valence-corrected chi connectivity index (χ3v) is 5.61. The summed E-state index contributed by atoms with van der Waals surface area (Å²) in [7, 11) is 1.95. The zero-order chi connectivity index (χ0) is 22.5. The molecule has 31 heavy (non-hydrogen) atoms. The molecule has 1 aliphatic rings. The van der Waals surface area contributed by atoms with Crippen LogP contribution < -0.4 is 15.5 Å². The normalized spacial score (nSPS) is 17.9. The first-order valence-corrected chi connectivity index (χ1v) is 10.9. The molecule has 0 spiro atoms. The summed E-state index contributed by atoms with van der Waals surface area (Å²) in [6.07, 6.45) is 0.985. The van der Waals surface area contributed by atoms with E-state index in [4.69, 9.17) is 4.74 Å². The Kier molecular flexibility index (Phi) is 7.33. The third-order valence-electron chi connectivity index (χ3n) is 5.61. The Labute approximate surface area is 185 Å². The van der Waals surface area contributed by atoms with E-state index >= 15 is 0 Å². The summed E-state index contributed by atoms with van der Waals surface area (Å²) in [4.78, 5) is 26.5. The van der Waals surface area contributed by atoms with Gasteiger partial charge in [0.15, 0.2) is 0 Å². The van der Waals surface area contributed by atoms with Crippen LogP contribution in [-0.4, -0.2) is 37.7 Å². The maximum absolute atomic E-state index is 12.3. The Morgan fingerprint density at radius 1 is 1.13 bits per heavy atom. The predicted molar refractivity (Wildman–Crippen MR) is 124 cm³/mol. The highest BCUT2D eigenvalue weighted by Gasteiger charge is 2.33. The fourth-order valence-electron chi connectivity index (χ4n) is 4.18. The van der Waals surface area contributed by atoms with Crippen molar-refractivity contribution in [1.29, 1.82) is 0 Å². The topological polar surface area (TPSA) is 70.7 Å². The number of amides is 2. The van der Waals surface area contributed by atoms with E-state index in [9.17, 15) is 9.59 Å². The number of anilines is 1. The van der Waals surface area contributed by atoms with Crippen LogP contribution in [0.4, 0.5) is 10.5 Å². The number of alkyl carbamates (subject to hydrolysis) is 1. The van der Waals surface area contributed by atoms with Crippen LogP contribution in [0.1, 0.15) is 51.3 Å². The minimum atomic E-state index is -0.436. The van der Waals surface area contributed by atoms with Crippen molar-refractivity contribution in [1.82, 2.24) is 10.6 Å². The van der Waals surface area contributed by atoms with Gasteiger partial charge in [-0.2, -0.15) is 0 Å². The van der Waals surface area contributed by atoms with E-state index < -0.39 is 6.09 Å². The monoisotopic (exact) mass is 423 g/mol. The van der Waals surface area contributed by atoms with Gasteiger partial charge in [-0.25, -0.2) is 4.79 Å². The average Bonchev–Trinajstić information content (AvgIpc) is 2.71. The molecule has 0 fully saturated rings. The van der Waals surface area contributed by atoms with E-state index in [2.05, 4.69) is 41.0 Å². The molecule has 2 aromatic carbocycles. The molecule has 1 aliphatic heterocycles. The quantitative estimate of drug-likeness (QED) is 0.721. The first-order valence-electron chi connectivity index (χ1n) is 10.9. The maximum atomic E-state index is 12.3. The highest BCUT2D eigenvalue weighted by Crippen LogP contribution is 2.39. The van der Waals surface area contributed by atoms with Gasteiger partial charge in [0.2, 0.25) is 5.91 Å². The van der Waals surface area contributed by atoms with Crippen LogP contribution in [-0.2, 0) is 16.0 Å². The van der Waals surface area contributed by atoms with Crippen LogP contribution in [0.2, 0.25) is 0 Å². The fraction of sp³-hybridized carbons (Fsp3) is 0.440. The van der Waals surface area contributed by atoms with Crippen molar-refractivity contribution < 1.29 is 14.3 Å². The van der Waals surface area contributed by atoms with Crippen molar-refractivity contribution in [3.05, 3.63) is 53.6 Å². The van der Waals surface area contributed by atoms with Crippen LogP contribution in [0.3, 0.4) is 0 Å². The van der Waals surface area contributed by atoms with Crippen molar-refractivity contribution in [2.45, 2.75) is 58.7 Å². The van der Waals surface area contributed by atoms with E-state index in [1.165, 1.54) is 5.56 Å². The van der Waals surface area contributed by atoms with Crippen molar-refractivity contribution in [2.75, 3.05) is 18.5 Å². The Morgan fingerprint density at radius 2 is 1.81 bits per heavy atom. The second-order valence-corrected chi connectivity index (χ2v) is 8.45. The Balaban J connectivity index is 1.94. The van der Waals surface area contributed by atoms with Crippen LogP contribution in [0.5, 0.6) is 0 Å². The number of nitrogens with one attached hydrogen (secondary N) is 2. The Hall–Kier alpha value is -2.86. The van der Waals surface area contributed by atoms with Crippen molar-refractivity contribution >= 4 is 17.7 Å². The van der Waals surface area contributed by atoms with Crippen LogP contribution in [0.15, 0.2) is 42.5 Å². The SMILES string of the molecule is CNCCc1ccc(-c2ccc3c(c2)[C@H](NC(=O)OC(C)C)C[C@H](C)N3C(C)=O)cc1. The molecule has 2 amide bonds. The molecule has 0 saturated carbocycles. The molecular weight excluding hydrogens is 390 g/mol.